The normalized spacial score (nSPS) is 14.1. The van der Waals surface area contributed by atoms with Crippen molar-refractivity contribution in [2.45, 2.75) is 62.6 Å². The van der Waals surface area contributed by atoms with Crippen LogP contribution in [-0.2, 0) is 32.6 Å². The molecule has 0 bridgehead atoms. The first-order valence-electron chi connectivity index (χ1n) is 15.3. The van der Waals surface area contributed by atoms with Crippen LogP contribution in [0.4, 0.5) is 10.1 Å². The maximum Gasteiger partial charge on any atom is 0.264 e. The van der Waals surface area contributed by atoms with Gasteiger partial charge in [-0.3, -0.25) is 13.9 Å². The third kappa shape index (κ3) is 7.95. The van der Waals surface area contributed by atoms with Crippen molar-refractivity contribution in [2.75, 3.05) is 10.8 Å². The predicted molar refractivity (Wildman–Crippen MR) is 178 cm³/mol. The average Bonchev–Trinajstić information content (AvgIpc) is 3.56. The summed E-state index contributed by atoms with van der Waals surface area (Å²) in [6, 6.07) is 26.9. The molecule has 1 fully saturated rings. The molecule has 1 atom stereocenters. The van der Waals surface area contributed by atoms with Crippen molar-refractivity contribution in [2.24, 2.45) is 0 Å². The van der Waals surface area contributed by atoms with Gasteiger partial charge in [0.25, 0.3) is 10.0 Å². The molecule has 5 rings (SSSR count). The minimum Gasteiger partial charge on any atom is -0.352 e. The highest BCUT2D eigenvalue weighted by atomic mass is 35.5. The van der Waals surface area contributed by atoms with Crippen molar-refractivity contribution in [3.63, 3.8) is 0 Å². The average molecular weight is 662 g/mol. The number of sulfonamides is 1. The smallest absolute Gasteiger partial charge is 0.264 e. The molecule has 0 aromatic heterocycles. The summed E-state index contributed by atoms with van der Waals surface area (Å²) < 4.78 is 44.2. The number of para-hydroxylation sites is 1. The fraction of sp³-hybridized carbons (Fsp3) is 0.278. The number of hydrogen-bond donors (Lipinski definition) is 1. The molecule has 1 unspecified atom stereocenters. The van der Waals surface area contributed by atoms with E-state index < -0.39 is 34.3 Å². The fourth-order valence-corrected chi connectivity index (χ4v) is 7.35. The van der Waals surface area contributed by atoms with Crippen LogP contribution in [0.3, 0.4) is 0 Å². The molecular weight excluding hydrogens is 625 g/mol. The number of nitrogens with one attached hydrogen (secondary N) is 1. The molecule has 1 saturated carbocycles. The van der Waals surface area contributed by atoms with E-state index in [0.717, 1.165) is 47.2 Å². The molecular formula is C36H37ClFN3O4S. The van der Waals surface area contributed by atoms with Crippen LogP contribution in [0.2, 0.25) is 5.02 Å². The molecule has 2 amide bonds. The number of benzene rings is 4. The highest BCUT2D eigenvalue weighted by Gasteiger charge is 2.36. The number of carbonyl (C=O) groups excluding carboxylic acids is 2. The van der Waals surface area contributed by atoms with Gasteiger partial charge in [-0.15, -0.1) is 0 Å². The zero-order chi connectivity index (χ0) is 32.7. The van der Waals surface area contributed by atoms with Gasteiger partial charge in [0.05, 0.1) is 10.6 Å². The molecule has 4 aromatic rings. The zero-order valence-corrected chi connectivity index (χ0v) is 27.2. The summed E-state index contributed by atoms with van der Waals surface area (Å²) in [5.74, 6) is -1.82. The monoisotopic (exact) mass is 661 g/mol. The molecule has 0 heterocycles. The minimum absolute atomic E-state index is 0.0140. The van der Waals surface area contributed by atoms with Gasteiger partial charge in [0.15, 0.2) is 0 Å². The lowest BCUT2D eigenvalue weighted by molar-refractivity contribution is -0.140. The van der Waals surface area contributed by atoms with Crippen LogP contribution in [0.15, 0.2) is 108 Å². The van der Waals surface area contributed by atoms with Gasteiger partial charge >= 0.3 is 0 Å². The van der Waals surface area contributed by atoms with E-state index in [2.05, 4.69) is 5.32 Å². The molecule has 1 aliphatic rings. The lowest BCUT2D eigenvalue weighted by Gasteiger charge is -2.34. The number of anilines is 1. The lowest BCUT2D eigenvalue weighted by atomic mass is 10.0. The molecule has 0 radical (unpaired) electrons. The quantitative estimate of drug-likeness (QED) is 0.184. The standard InChI is InChI=1S/C36H37ClFN3O4S/c1-26-19-21-30(22-20-26)46(44,45)41(33-18-10-9-17-32(33)38)25-35(42)40(24-28-13-5-8-16-31(28)37)34(23-27-11-3-2-4-12-27)36(43)39-29-14-6-7-15-29/h2-5,8-13,16-22,29,34H,6-7,14-15,23-25H2,1H3,(H,39,43). The first kappa shape index (κ1) is 33.2. The summed E-state index contributed by atoms with van der Waals surface area (Å²) in [5, 5.41) is 3.53. The summed E-state index contributed by atoms with van der Waals surface area (Å²) in [7, 11) is -4.41. The van der Waals surface area contributed by atoms with E-state index in [9.17, 15) is 18.0 Å². The van der Waals surface area contributed by atoms with Crippen LogP contribution >= 0.6 is 11.6 Å². The van der Waals surface area contributed by atoms with Crippen molar-refractivity contribution in [3.05, 3.63) is 131 Å². The Bertz CT molecular complexity index is 1760. The Morgan fingerprint density at radius 3 is 2.20 bits per heavy atom. The van der Waals surface area contributed by atoms with Crippen LogP contribution in [0, 0.1) is 12.7 Å². The molecule has 4 aromatic carbocycles. The van der Waals surface area contributed by atoms with Gasteiger partial charge in [-0.2, -0.15) is 0 Å². The fourth-order valence-electron chi connectivity index (χ4n) is 5.74. The summed E-state index contributed by atoms with van der Waals surface area (Å²) in [5.41, 5.74) is 1.98. The number of rotatable bonds is 12. The second kappa shape index (κ2) is 14.9. The number of amides is 2. The molecule has 1 N–H and O–H groups in total. The van der Waals surface area contributed by atoms with E-state index in [0.29, 0.717) is 10.6 Å². The molecule has 240 valence electrons. The second-order valence-corrected chi connectivity index (χ2v) is 13.9. The first-order valence-corrected chi connectivity index (χ1v) is 17.2. The molecule has 7 nitrogen and oxygen atoms in total. The Labute approximate surface area is 275 Å². The van der Waals surface area contributed by atoms with Crippen LogP contribution in [-0.4, -0.2) is 43.8 Å². The van der Waals surface area contributed by atoms with Crippen LogP contribution in [0.5, 0.6) is 0 Å². The minimum atomic E-state index is -4.41. The van der Waals surface area contributed by atoms with Crippen molar-refractivity contribution < 1.29 is 22.4 Å². The number of hydrogen-bond acceptors (Lipinski definition) is 4. The third-order valence-electron chi connectivity index (χ3n) is 8.28. The van der Waals surface area contributed by atoms with Gasteiger partial charge in [-0.1, -0.05) is 103 Å². The van der Waals surface area contributed by atoms with E-state index in [1.165, 1.54) is 35.2 Å². The van der Waals surface area contributed by atoms with Gasteiger partial charge in [-0.25, -0.2) is 12.8 Å². The van der Waals surface area contributed by atoms with Gasteiger partial charge in [-0.05, 0) is 61.2 Å². The summed E-state index contributed by atoms with van der Waals surface area (Å²) in [6.45, 7) is 1.01. The summed E-state index contributed by atoms with van der Waals surface area (Å²) in [4.78, 5) is 29.9. The van der Waals surface area contributed by atoms with Gasteiger partial charge in [0.2, 0.25) is 11.8 Å². The molecule has 0 saturated heterocycles. The predicted octanol–water partition coefficient (Wildman–Crippen LogP) is 6.68. The molecule has 1 aliphatic carbocycles. The molecule has 10 heteroatoms. The first-order chi connectivity index (χ1) is 22.1. The van der Waals surface area contributed by atoms with E-state index in [1.54, 1.807) is 36.4 Å². The Kier molecular flexibility index (Phi) is 10.8. The van der Waals surface area contributed by atoms with E-state index in [1.807, 2.05) is 37.3 Å². The molecule has 0 spiro atoms. The number of nitrogens with zero attached hydrogens (tertiary/aromatic N) is 2. The Balaban J connectivity index is 1.58. The highest BCUT2D eigenvalue weighted by Crippen LogP contribution is 2.28. The lowest BCUT2D eigenvalue weighted by Crippen LogP contribution is -2.54. The van der Waals surface area contributed by atoms with Crippen LogP contribution < -0.4 is 9.62 Å². The van der Waals surface area contributed by atoms with Gasteiger partial charge in [0.1, 0.15) is 18.4 Å². The molecule has 46 heavy (non-hydrogen) atoms. The highest BCUT2D eigenvalue weighted by molar-refractivity contribution is 7.92. The Morgan fingerprint density at radius 2 is 1.52 bits per heavy atom. The topological polar surface area (TPSA) is 86.8 Å². The van der Waals surface area contributed by atoms with Crippen molar-refractivity contribution >= 4 is 39.1 Å². The van der Waals surface area contributed by atoms with Gasteiger partial charge in [0, 0.05) is 24.0 Å². The third-order valence-corrected chi connectivity index (χ3v) is 10.4. The number of aryl methyl sites for hydroxylation is 1. The van der Waals surface area contributed by atoms with Crippen molar-refractivity contribution in [1.29, 1.82) is 0 Å². The van der Waals surface area contributed by atoms with Crippen LogP contribution in [0.1, 0.15) is 42.4 Å². The Hall–Kier alpha value is -4.21. The zero-order valence-electron chi connectivity index (χ0n) is 25.6. The van der Waals surface area contributed by atoms with Gasteiger partial charge < -0.3 is 10.2 Å². The van der Waals surface area contributed by atoms with Crippen LogP contribution in [0.25, 0.3) is 0 Å². The summed E-state index contributed by atoms with van der Waals surface area (Å²) >= 11 is 6.55. The summed E-state index contributed by atoms with van der Waals surface area (Å²) in [6.07, 6.45) is 3.88. The number of carbonyl (C=O) groups is 2. The van der Waals surface area contributed by atoms with E-state index in [4.69, 9.17) is 11.6 Å². The maximum atomic E-state index is 15.3. The van der Waals surface area contributed by atoms with Crippen molar-refractivity contribution in [3.8, 4) is 0 Å². The SMILES string of the molecule is Cc1ccc(S(=O)(=O)N(CC(=O)N(Cc2ccccc2Cl)C(Cc2ccccc2)C(=O)NC2CCCC2)c2ccccc2F)cc1. The van der Waals surface area contributed by atoms with E-state index >= 15 is 4.39 Å². The Morgan fingerprint density at radius 1 is 0.891 bits per heavy atom. The maximum absolute atomic E-state index is 15.3. The second-order valence-electron chi connectivity index (χ2n) is 11.6. The van der Waals surface area contributed by atoms with E-state index in [-0.39, 0.29) is 35.5 Å². The molecule has 0 aliphatic heterocycles. The van der Waals surface area contributed by atoms with Crippen molar-refractivity contribution in [1.82, 2.24) is 10.2 Å². The number of halogens is 2. The largest absolute Gasteiger partial charge is 0.352 e.